The average molecular weight is 848 g/mol. The summed E-state index contributed by atoms with van der Waals surface area (Å²) in [6, 6.07) is 23.6. The SMILES string of the molecule is COc1ccc(Nc2nc(NCCN3CCN(c4nc(Nc5ccc(OC)cc5)nc(Nc5cccc(C(F)(F)F)c5)n4)CC3)nc(Nc3cccc(C(F)(F)F)c3)n2)cc1. The van der Waals surface area contributed by atoms with Crippen molar-refractivity contribution >= 4 is 58.4 Å². The fourth-order valence-corrected chi connectivity index (χ4v) is 6.09. The number of benzene rings is 4. The number of nitrogens with one attached hydrogen (secondary N) is 5. The van der Waals surface area contributed by atoms with Gasteiger partial charge < -0.3 is 41.0 Å². The Kier molecular flexibility index (Phi) is 12.7. The lowest BCUT2D eigenvalue weighted by Crippen LogP contribution is -2.48. The topological polar surface area (TPSA) is 162 Å². The van der Waals surface area contributed by atoms with E-state index in [1.54, 1.807) is 62.8 Å². The molecule has 7 rings (SSSR count). The van der Waals surface area contributed by atoms with Gasteiger partial charge >= 0.3 is 12.4 Å². The summed E-state index contributed by atoms with van der Waals surface area (Å²) in [7, 11) is 3.11. The van der Waals surface area contributed by atoms with Gasteiger partial charge in [0.1, 0.15) is 11.5 Å². The van der Waals surface area contributed by atoms with E-state index in [4.69, 9.17) is 9.47 Å². The van der Waals surface area contributed by atoms with Crippen molar-refractivity contribution in [3.05, 3.63) is 108 Å². The summed E-state index contributed by atoms with van der Waals surface area (Å²) in [5.74, 6) is 2.18. The van der Waals surface area contributed by atoms with Gasteiger partial charge in [-0.2, -0.15) is 56.2 Å². The fraction of sp³-hybridized carbons (Fsp3) is 0.250. The maximum absolute atomic E-state index is 13.5. The van der Waals surface area contributed by atoms with E-state index in [-0.39, 0.29) is 41.1 Å². The maximum Gasteiger partial charge on any atom is 0.416 e. The number of aromatic nitrogens is 6. The Labute approximate surface area is 345 Å². The van der Waals surface area contributed by atoms with Crippen LogP contribution in [-0.2, 0) is 12.4 Å². The average Bonchev–Trinajstić information content (AvgIpc) is 3.24. The zero-order valence-corrected chi connectivity index (χ0v) is 32.6. The molecule has 2 aromatic heterocycles. The van der Waals surface area contributed by atoms with E-state index in [0.29, 0.717) is 68.1 Å². The van der Waals surface area contributed by atoms with Gasteiger partial charge in [-0.25, -0.2) is 0 Å². The molecular formula is C40H39F6N13O2. The first kappa shape index (κ1) is 42.0. The fourth-order valence-electron chi connectivity index (χ4n) is 6.09. The van der Waals surface area contributed by atoms with E-state index < -0.39 is 23.5 Å². The Morgan fingerprint density at radius 3 is 1.34 bits per heavy atom. The predicted octanol–water partition coefficient (Wildman–Crippen LogP) is 8.32. The molecule has 15 nitrogen and oxygen atoms in total. The van der Waals surface area contributed by atoms with Gasteiger partial charge in [-0.05, 0) is 84.9 Å². The first-order valence-electron chi connectivity index (χ1n) is 18.7. The standard InChI is InChI=1S/C40H39F6N13O2/c1-60-31-13-9-27(10-14-31)48-34-52-33(53-35(54-34)50-29-7-3-5-25(23-29)39(41,42)43)47-17-18-58-19-21-59(22-20-58)38-56-36(49-28-11-15-32(61-2)16-12-28)55-37(57-38)51-30-8-4-6-26(24-30)40(44,45)46/h3-16,23-24H,17-22H2,1-2H3,(H2,49,51,55,56,57)(H3,47,48,50,52,53,54). The molecule has 61 heavy (non-hydrogen) atoms. The molecule has 21 heteroatoms. The second-order valence-corrected chi connectivity index (χ2v) is 13.5. The zero-order chi connectivity index (χ0) is 43.0. The lowest BCUT2D eigenvalue weighted by molar-refractivity contribution is -0.138. The number of ether oxygens (including phenoxy) is 2. The third-order valence-corrected chi connectivity index (χ3v) is 9.21. The van der Waals surface area contributed by atoms with E-state index in [1.807, 2.05) is 4.90 Å². The number of piperazine rings is 1. The molecule has 0 spiro atoms. The van der Waals surface area contributed by atoms with Crippen molar-refractivity contribution in [1.29, 1.82) is 0 Å². The molecule has 0 amide bonds. The minimum absolute atomic E-state index is 0.0153. The molecule has 0 atom stereocenters. The third kappa shape index (κ3) is 11.5. The molecule has 1 saturated heterocycles. The molecule has 0 saturated carbocycles. The number of methoxy groups -OCH3 is 2. The Morgan fingerprint density at radius 2 is 0.918 bits per heavy atom. The summed E-state index contributed by atoms with van der Waals surface area (Å²) in [5, 5.41) is 15.2. The molecule has 0 bridgehead atoms. The van der Waals surface area contributed by atoms with Crippen molar-refractivity contribution in [2.75, 3.05) is 85.0 Å². The van der Waals surface area contributed by atoms with Crippen LogP contribution in [0.3, 0.4) is 0 Å². The van der Waals surface area contributed by atoms with Gasteiger partial charge in [0.2, 0.25) is 35.7 Å². The van der Waals surface area contributed by atoms with Crippen molar-refractivity contribution in [2.24, 2.45) is 0 Å². The summed E-state index contributed by atoms with van der Waals surface area (Å²) < 4.78 is 91.1. The van der Waals surface area contributed by atoms with Crippen LogP contribution in [0.25, 0.3) is 0 Å². The van der Waals surface area contributed by atoms with Crippen LogP contribution in [0.15, 0.2) is 97.1 Å². The smallest absolute Gasteiger partial charge is 0.416 e. The second kappa shape index (κ2) is 18.4. The van der Waals surface area contributed by atoms with Crippen LogP contribution in [0, 0.1) is 0 Å². The monoisotopic (exact) mass is 847 g/mol. The molecule has 0 radical (unpaired) electrons. The first-order chi connectivity index (χ1) is 29.3. The largest absolute Gasteiger partial charge is 0.497 e. The number of anilines is 10. The van der Waals surface area contributed by atoms with Crippen LogP contribution in [0.4, 0.5) is 84.8 Å². The van der Waals surface area contributed by atoms with Gasteiger partial charge in [0.25, 0.3) is 0 Å². The highest BCUT2D eigenvalue weighted by atomic mass is 19.4. The van der Waals surface area contributed by atoms with Crippen LogP contribution in [0.2, 0.25) is 0 Å². The Morgan fingerprint density at radius 1 is 0.508 bits per heavy atom. The highest BCUT2D eigenvalue weighted by Gasteiger charge is 2.31. The molecule has 3 heterocycles. The number of alkyl halides is 6. The van der Waals surface area contributed by atoms with E-state index in [9.17, 15) is 26.3 Å². The number of rotatable bonds is 15. The summed E-state index contributed by atoms with van der Waals surface area (Å²) in [6.45, 7) is 3.22. The molecule has 6 aromatic rings. The number of nitrogens with zero attached hydrogens (tertiary/aromatic N) is 8. The van der Waals surface area contributed by atoms with E-state index >= 15 is 0 Å². The lowest BCUT2D eigenvalue weighted by atomic mass is 10.2. The second-order valence-electron chi connectivity index (χ2n) is 13.5. The molecule has 0 unspecified atom stereocenters. The van der Waals surface area contributed by atoms with Crippen LogP contribution >= 0.6 is 0 Å². The molecule has 1 fully saturated rings. The van der Waals surface area contributed by atoms with E-state index in [2.05, 4.69) is 61.4 Å². The number of halogens is 6. The van der Waals surface area contributed by atoms with E-state index in [0.717, 1.165) is 24.3 Å². The summed E-state index contributed by atoms with van der Waals surface area (Å²) >= 11 is 0. The normalized spacial score (nSPS) is 13.3. The molecule has 1 aliphatic heterocycles. The Hall–Kier alpha value is -7.16. The van der Waals surface area contributed by atoms with Gasteiger partial charge in [0.15, 0.2) is 0 Å². The summed E-state index contributed by atoms with van der Waals surface area (Å²) in [6.07, 6.45) is -9.06. The molecule has 5 N–H and O–H groups in total. The third-order valence-electron chi connectivity index (χ3n) is 9.21. The van der Waals surface area contributed by atoms with Gasteiger partial charge in [-0.15, -0.1) is 0 Å². The van der Waals surface area contributed by atoms with Gasteiger partial charge in [0.05, 0.1) is 25.3 Å². The van der Waals surface area contributed by atoms with Crippen molar-refractivity contribution in [3.63, 3.8) is 0 Å². The maximum atomic E-state index is 13.5. The zero-order valence-electron chi connectivity index (χ0n) is 32.6. The van der Waals surface area contributed by atoms with Crippen LogP contribution in [0.1, 0.15) is 11.1 Å². The summed E-state index contributed by atoms with van der Waals surface area (Å²) in [5.41, 5.74) is -0.0556. The molecule has 1 aliphatic rings. The lowest BCUT2D eigenvalue weighted by Gasteiger charge is -2.34. The van der Waals surface area contributed by atoms with Crippen LogP contribution in [-0.4, -0.2) is 88.3 Å². The summed E-state index contributed by atoms with van der Waals surface area (Å²) in [4.78, 5) is 31.1. The Bertz CT molecular complexity index is 2390. The van der Waals surface area contributed by atoms with Crippen molar-refractivity contribution < 1.29 is 35.8 Å². The van der Waals surface area contributed by atoms with Crippen LogP contribution in [0.5, 0.6) is 11.5 Å². The molecule has 4 aromatic carbocycles. The number of hydrogen-bond acceptors (Lipinski definition) is 15. The van der Waals surface area contributed by atoms with Crippen LogP contribution < -0.4 is 41.0 Å². The highest BCUT2D eigenvalue weighted by Crippen LogP contribution is 2.33. The molecule has 318 valence electrons. The van der Waals surface area contributed by atoms with Gasteiger partial charge in [0, 0.05) is 62.0 Å². The van der Waals surface area contributed by atoms with Crippen molar-refractivity contribution in [2.45, 2.75) is 12.4 Å². The highest BCUT2D eigenvalue weighted by molar-refractivity contribution is 5.62. The minimum Gasteiger partial charge on any atom is -0.497 e. The van der Waals surface area contributed by atoms with Crippen molar-refractivity contribution in [3.8, 4) is 11.5 Å². The van der Waals surface area contributed by atoms with Gasteiger partial charge in [-0.1, -0.05) is 12.1 Å². The van der Waals surface area contributed by atoms with Crippen molar-refractivity contribution in [1.82, 2.24) is 34.8 Å². The Balaban J connectivity index is 1.02. The quantitative estimate of drug-likeness (QED) is 0.0627. The predicted molar refractivity (Wildman–Crippen MR) is 219 cm³/mol. The number of hydrogen-bond donors (Lipinski definition) is 5. The molecule has 0 aliphatic carbocycles. The minimum atomic E-state index is -4.53. The van der Waals surface area contributed by atoms with Gasteiger partial charge in [-0.3, -0.25) is 4.90 Å². The van der Waals surface area contributed by atoms with E-state index in [1.165, 1.54) is 24.3 Å². The molecular weight excluding hydrogens is 809 g/mol. The first-order valence-corrected chi connectivity index (χ1v) is 18.7.